The van der Waals surface area contributed by atoms with Crippen molar-refractivity contribution in [3.8, 4) is 0 Å². The molecule has 2 aromatic rings. The fourth-order valence-corrected chi connectivity index (χ4v) is 2.34. The van der Waals surface area contributed by atoms with Crippen molar-refractivity contribution in [1.29, 1.82) is 0 Å². The van der Waals surface area contributed by atoms with Crippen LogP contribution in [-0.4, -0.2) is 7.05 Å². The van der Waals surface area contributed by atoms with Gasteiger partial charge in [-0.1, -0.05) is 36.4 Å². The lowest BCUT2D eigenvalue weighted by Crippen LogP contribution is -2.19. The first-order chi connectivity index (χ1) is 9.04. The molecule has 19 heavy (non-hydrogen) atoms. The van der Waals surface area contributed by atoms with Gasteiger partial charge in [-0.15, -0.1) is 0 Å². The molecule has 2 rings (SSSR count). The molecule has 0 heterocycles. The third kappa shape index (κ3) is 2.69. The maximum atomic E-state index is 14.3. The predicted octanol–water partition coefficient (Wildman–Crippen LogP) is 4.06. The first-order valence-electron chi connectivity index (χ1n) is 6.54. The molecule has 2 aromatic carbocycles. The first kappa shape index (κ1) is 13.8. The van der Waals surface area contributed by atoms with Crippen molar-refractivity contribution in [3.63, 3.8) is 0 Å². The summed E-state index contributed by atoms with van der Waals surface area (Å²) in [6.07, 6.45) is 0. The van der Waals surface area contributed by atoms with Gasteiger partial charge >= 0.3 is 0 Å². The Hall–Kier alpha value is -1.67. The lowest BCUT2D eigenvalue weighted by Gasteiger charge is -2.19. The van der Waals surface area contributed by atoms with Gasteiger partial charge in [-0.25, -0.2) is 4.39 Å². The SMILES string of the molecule is CNC(c1ccc(C)c(C)c1)c1cccc(C)c1F. The van der Waals surface area contributed by atoms with Crippen molar-refractivity contribution in [3.05, 3.63) is 70.0 Å². The molecule has 0 aromatic heterocycles. The summed E-state index contributed by atoms with van der Waals surface area (Å²) in [7, 11) is 1.86. The van der Waals surface area contributed by atoms with Gasteiger partial charge in [-0.3, -0.25) is 0 Å². The molecule has 1 unspecified atom stereocenters. The van der Waals surface area contributed by atoms with Crippen LogP contribution in [0, 0.1) is 26.6 Å². The van der Waals surface area contributed by atoms with Gasteiger partial charge in [-0.05, 0) is 50.1 Å². The Morgan fingerprint density at radius 3 is 2.32 bits per heavy atom. The number of aryl methyl sites for hydroxylation is 3. The zero-order chi connectivity index (χ0) is 14.0. The molecule has 0 radical (unpaired) electrons. The maximum absolute atomic E-state index is 14.3. The molecule has 2 heteroatoms. The first-order valence-corrected chi connectivity index (χ1v) is 6.54. The van der Waals surface area contributed by atoms with Gasteiger partial charge < -0.3 is 5.32 Å². The molecule has 0 fully saturated rings. The number of nitrogens with one attached hydrogen (secondary N) is 1. The molecule has 0 amide bonds. The van der Waals surface area contributed by atoms with E-state index in [0.717, 1.165) is 5.56 Å². The molecule has 0 bridgehead atoms. The number of rotatable bonds is 3. The molecule has 0 aliphatic rings. The molecule has 0 saturated carbocycles. The van der Waals surface area contributed by atoms with E-state index in [1.165, 1.54) is 11.1 Å². The molecule has 0 aliphatic carbocycles. The largest absolute Gasteiger partial charge is 0.309 e. The van der Waals surface area contributed by atoms with Crippen molar-refractivity contribution >= 4 is 0 Å². The highest BCUT2D eigenvalue weighted by atomic mass is 19.1. The summed E-state index contributed by atoms with van der Waals surface area (Å²) in [5.74, 6) is -0.125. The highest BCUT2D eigenvalue weighted by Gasteiger charge is 2.17. The van der Waals surface area contributed by atoms with Crippen LogP contribution in [-0.2, 0) is 0 Å². The summed E-state index contributed by atoms with van der Waals surface area (Å²) < 4.78 is 14.3. The van der Waals surface area contributed by atoms with E-state index < -0.39 is 0 Å². The summed E-state index contributed by atoms with van der Waals surface area (Å²) in [5, 5.41) is 3.21. The molecule has 0 aliphatic heterocycles. The Morgan fingerprint density at radius 2 is 1.68 bits per heavy atom. The van der Waals surface area contributed by atoms with Crippen LogP contribution in [0.25, 0.3) is 0 Å². The third-order valence-electron chi connectivity index (χ3n) is 3.69. The highest BCUT2D eigenvalue weighted by molar-refractivity contribution is 5.39. The zero-order valence-electron chi connectivity index (χ0n) is 11.9. The summed E-state index contributed by atoms with van der Waals surface area (Å²) >= 11 is 0. The van der Waals surface area contributed by atoms with Crippen LogP contribution < -0.4 is 5.32 Å². The molecular weight excluding hydrogens is 237 g/mol. The van der Waals surface area contributed by atoms with Gasteiger partial charge in [0.05, 0.1) is 6.04 Å². The Bertz CT molecular complexity index is 590. The van der Waals surface area contributed by atoms with Crippen LogP contribution in [0.3, 0.4) is 0 Å². The number of hydrogen-bond donors (Lipinski definition) is 1. The van der Waals surface area contributed by atoms with E-state index >= 15 is 0 Å². The quantitative estimate of drug-likeness (QED) is 0.874. The molecular formula is C17H20FN. The van der Waals surface area contributed by atoms with Crippen LogP contribution in [0.4, 0.5) is 4.39 Å². The second-order valence-corrected chi connectivity index (χ2v) is 5.04. The Morgan fingerprint density at radius 1 is 0.947 bits per heavy atom. The van der Waals surface area contributed by atoms with Crippen LogP contribution >= 0.6 is 0 Å². The van der Waals surface area contributed by atoms with E-state index in [1.54, 1.807) is 13.0 Å². The minimum atomic E-state index is -0.125. The zero-order valence-corrected chi connectivity index (χ0v) is 11.9. The van der Waals surface area contributed by atoms with Crippen molar-refractivity contribution < 1.29 is 4.39 Å². The molecule has 0 spiro atoms. The second kappa shape index (κ2) is 5.54. The Kier molecular flexibility index (Phi) is 4.01. The van der Waals surface area contributed by atoms with Gasteiger partial charge in [0.15, 0.2) is 0 Å². The lowest BCUT2D eigenvalue weighted by molar-refractivity contribution is 0.569. The minimum absolute atomic E-state index is 0.112. The molecule has 100 valence electrons. The van der Waals surface area contributed by atoms with Crippen LogP contribution in [0.5, 0.6) is 0 Å². The minimum Gasteiger partial charge on any atom is -0.309 e. The fourth-order valence-electron chi connectivity index (χ4n) is 2.34. The van der Waals surface area contributed by atoms with E-state index in [-0.39, 0.29) is 11.9 Å². The van der Waals surface area contributed by atoms with Gasteiger partial charge in [0, 0.05) is 5.56 Å². The molecule has 1 N–H and O–H groups in total. The number of halogens is 1. The van der Waals surface area contributed by atoms with Crippen molar-refractivity contribution in [2.75, 3.05) is 7.05 Å². The molecule has 1 nitrogen and oxygen atoms in total. The third-order valence-corrected chi connectivity index (χ3v) is 3.69. The van der Waals surface area contributed by atoms with Gasteiger partial charge in [0.2, 0.25) is 0 Å². The van der Waals surface area contributed by atoms with E-state index in [0.29, 0.717) is 11.1 Å². The van der Waals surface area contributed by atoms with Crippen LogP contribution in [0.1, 0.15) is 33.9 Å². The maximum Gasteiger partial charge on any atom is 0.131 e. The van der Waals surface area contributed by atoms with Gasteiger partial charge in [-0.2, -0.15) is 0 Å². The van der Waals surface area contributed by atoms with Gasteiger partial charge in [0.1, 0.15) is 5.82 Å². The summed E-state index contributed by atoms with van der Waals surface area (Å²) in [6.45, 7) is 5.96. The second-order valence-electron chi connectivity index (χ2n) is 5.04. The van der Waals surface area contributed by atoms with E-state index in [9.17, 15) is 4.39 Å². The summed E-state index contributed by atoms with van der Waals surface area (Å²) in [4.78, 5) is 0. The Labute approximate surface area is 114 Å². The topological polar surface area (TPSA) is 12.0 Å². The fraction of sp³-hybridized carbons (Fsp3) is 0.294. The number of benzene rings is 2. The van der Waals surface area contributed by atoms with Crippen molar-refractivity contribution in [1.82, 2.24) is 5.32 Å². The molecule has 1 atom stereocenters. The summed E-state index contributed by atoms with van der Waals surface area (Å²) in [5.41, 5.74) is 4.96. The van der Waals surface area contributed by atoms with Crippen molar-refractivity contribution in [2.24, 2.45) is 0 Å². The van der Waals surface area contributed by atoms with Crippen molar-refractivity contribution in [2.45, 2.75) is 26.8 Å². The number of hydrogen-bond acceptors (Lipinski definition) is 1. The highest BCUT2D eigenvalue weighted by Crippen LogP contribution is 2.26. The standard InChI is InChI=1S/C17H20FN/c1-11-8-9-14(10-13(11)3)17(19-4)15-7-5-6-12(2)16(15)18/h5-10,17,19H,1-4H3. The van der Waals surface area contributed by atoms with E-state index in [2.05, 4.69) is 37.4 Å². The predicted molar refractivity (Wildman–Crippen MR) is 78.0 cm³/mol. The van der Waals surface area contributed by atoms with Crippen LogP contribution in [0.2, 0.25) is 0 Å². The van der Waals surface area contributed by atoms with Crippen LogP contribution in [0.15, 0.2) is 36.4 Å². The smallest absolute Gasteiger partial charge is 0.131 e. The monoisotopic (exact) mass is 257 g/mol. The van der Waals surface area contributed by atoms with Gasteiger partial charge in [0.25, 0.3) is 0 Å². The average molecular weight is 257 g/mol. The normalized spacial score (nSPS) is 12.5. The van der Waals surface area contributed by atoms with E-state index in [1.807, 2.05) is 19.2 Å². The lowest BCUT2D eigenvalue weighted by atomic mass is 9.94. The molecule has 0 saturated heterocycles. The average Bonchev–Trinajstić information content (AvgIpc) is 2.39. The summed E-state index contributed by atoms with van der Waals surface area (Å²) in [6, 6.07) is 11.7. The Balaban J connectivity index is 2.50. The van der Waals surface area contributed by atoms with E-state index in [4.69, 9.17) is 0 Å².